The molecular weight excluding hydrogens is 211 g/mol. The highest BCUT2D eigenvalue weighted by Crippen LogP contribution is 2.26. The Morgan fingerprint density at radius 3 is 3.12 bits per heavy atom. The van der Waals surface area contributed by atoms with Crippen molar-refractivity contribution in [2.24, 2.45) is 0 Å². The van der Waals surface area contributed by atoms with Gasteiger partial charge in [-0.3, -0.25) is 4.98 Å². The first kappa shape index (κ1) is 11.3. The zero-order valence-electron chi connectivity index (χ0n) is 8.67. The van der Waals surface area contributed by atoms with Crippen molar-refractivity contribution in [1.29, 1.82) is 0 Å². The molecule has 1 fully saturated rings. The topological polar surface area (TPSA) is 83.8 Å². The third-order valence-electron chi connectivity index (χ3n) is 2.26. The molecule has 2 heterocycles. The minimum Gasteiger partial charge on any atom is -0.510 e. The number of ether oxygens (including phenoxy) is 1. The van der Waals surface area contributed by atoms with E-state index < -0.39 is 7.32 Å². The van der Waals surface area contributed by atoms with Crippen molar-refractivity contribution >= 4 is 7.32 Å². The Bertz CT molecular complexity index is 344. The van der Waals surface area contributed by atoms with Crippen LogP contribution in [-0.2, 0) is 4.74 Å². The van der Waals surface area contributed by atoms with E-state index in [0.717, 1.165) is 6.54 Å². The summed E-state index contributed by atoms with van der Waals surface area (Å²) >= 11 is 0. The summed E-state index contributed by atoms with van der Waals surface area (Å²) in [7, 11) is -1.85. The SMILES string of the molecule is OB(O)Oc1cccnc1C1CNCCO1. The van der Waals surface area contributed by atoms with Gasteiger partial charge >= 0.3 is 7.32 Å². The number of nitrogens with one attached hydrogen (secondary N) is 1. The van der Waals surface area contributed by atoms with Gasteiger partial charge in [0.1, 0.15) is 17.5 Å². The normalized spacial score (nSPS) is 20.5. The Balaban J connectivity index is 2.17. The summed E-state index contributed by atoms with van der Waals surface area (Å²) in [5, 5.41) is 20.7. The molecule has 1 aromatic rings. The van der Waals surface area contributed by atoms with Crippen molar-refractivity contribution in [3.05, 3.63) is 24.0 Å². The van der Waals surface area contributed by atoms with E-state index in [-0.39, 0.29) is 6.10 Å². The van der Waals surface area contributed by atoms with Crippen LogP contribution in [0.15, 0.2) is 18.3 Å². The number of aromatic nitrogens is 1. The standard InChI is InChI=1S/C9H13BN2O4/c13-10(14)16-7-2-1-3-12-9(7)8-6-11-4-5-15-8/h1-3,8,11,13-14H,4-6H2. The lowest BCUT2D eigenvalue weighted by Gasteiger charge is -2.24. The Labute approximate surface area is 93.4 Å². The van der Waals surface area contributed by atoms with Gasteiger partial charge in [0, 0.05) is 19.3 Å². The summed E-state index contributed by atoms with van der Waals surface area (Å²) in [5.74, 6) is 0.325. The molecule has 0 radical (unpaired) electrons. The van der Waals surface area contributed by atoms with E-state index in [4.69, 9.17) is 19.4 Å². The van der Waals surface area contributed by atoms with Crippen LogP contribution in [0.4, 0.5) is 0 Å². The fourth-order valence-electron chi connectivity index (χ4n) is 1.60. The smallest absolute Gasteiger partial charge is 0.510 e. The molecular formula is C9H13BN2O4. The van der Waals surface area contributed by atoms with Crippen molar-refractivity contribution in [2.45, 2.75) is 6.10 Å². The van der Waals surface area contributed by atoms with E-state index in [1.807, 2.05) is 0 Å². The highest BCUT2D eigenvalue weighted by molar-refractivity contribution is 6.33. The summed E-state index contributed by atoms with van der Waals surface area (Å²) in [6.45, 7) is 2.04. The monoisotopic (exact) mass is 224 g/mol. The fraction of sp³-hybridized carbons (Fsp3) is 0.444. The van der Waals surface area contributed by atoms with Crippen molar-refractivity contribution in [1.82, 2.24) is 10.3 Å². The van der Waals surface area contributed by atoms with Gasteiger partial charge < -0.3 is 24.8 Å². The quantitative estimate of drug-likeness (QED) is 0.576. The highest BCUT2D eigenvalue weighted by Gasteiger charge is 2.23. The third-order valence-corrected chi connectivity index (χ3v) is 2.26. The van der Waals surface area contributed by atoms with Crippen LogP contribution in [0.1, 0.15) is 11.8 Å². The first-order valence-electron chi connectivity index (χ1n) is 5.07. The highest BCUT2D eigenvalue weighted by atomic mass is 16.6. The molecule has 0 saturated carbocycles. The maximum absolute atomic E-state index is 8.78. The van der Waals surface area contributed by atoms with Gasteiger partial charge in [-0.1, -0.05) is 0 Å². The van der Waals surface area contributed by atoms with E-state index >= 15 is 0 Å². The number of morpholine rings is 1. The molecule has 0 aromatic carbocycles. The molecule has 1 aromatic heterocycles. The fourth-order valence-corrected chi connectivity index (χ4v) is 1.60. The molecule has 2 rings (SSSR count). The Kier molecular flexibility index (Phi) is 3.73. The minimum atomic E-state index is -1.85. The molecule has 1 aliphatic rings. The van der Waals surface area contributed by atoms with Crippen LogP contribution in [0, 0.1) is 0 Å². The number of nitrogens with zero attached hydrogens (tertiary/aromatic N) is 1. The van der Waals surface area contributed by atoms with Crippen molar-refractivity contribution in [3.8, 4) is 5.75 Å². The Morgan fingerprint density at radius 1 is 1.56 bits per heavy atom. The zero-order valence-corrected chi connectivity index (χ0v) is 8.67. The largest absolute Gasteiger partial charge is 0.707 e. The van der Waals surface area contributed by atoms with Crippen LogP contribution in [0.2, 0.25) is 0 Å². The van der Waals surface area contributed by atoms with Crippen LogP contribution >= 0.6 is 0 Å². The minimum absolute atomic E-state index is 0.219. The van der Waals surface area contributed by atoms with Crippen LogP contribution in [0.5, 0.6) is 5.75 Å². The van der Waals surface area contributed by atoms with Crippen LogP contribution in [-0.4, -0.2) is 42.0 Å². The molecule has 3 N–H and O–H groups in total. The predicted octanol–water partition coefficient (Wildman–Crippen LogP) is -0.909. The van der Waals surface area contributed by atoms with E-state index in [1.165, 1.54) is 0 Å². The van der Waals surface area contributed by atoms with Gasteiger partial charge in [0.2, 0.25) is 0 Å². The molecule has 1 saturated heterocycles. The molecule has 86 valence electrons. The van der Waals surface area contributed by atoms with Gasteiger partial charge in [-0.15, -0.1) is 0 Å². The second kappa shape index (κ2) is 5.26. The number of hydrogen-bond donors (Lipinski definition) is 3. The van der Waals surface area contributed by atoms with Gasteiger partial charge in [0.15, 0.2) is 0 Å². The van der Waals surface area contributed by atoms with Gasteiger partial charge in [-0.25, -0.2) is 0 Å². The number of hydrogen-bond acceptors (Lipinski definition) is 6. The van der Waals surface area contributed by atoms with E-state index in [1.54, 1.807) is 18.3 Å². The lowest BCUT2D eigenvalue weighted by atomic mass is 10.1. The average Bonchev–Trinajstić information content (AvgIpc) is 2.30. The van der Waals surface area contributed by atoms with Gasteiger partial charge in [-0.05, 0) is 12.1 Å². The molecule has 1 aliphatic heterocycles. The van der Waals surface area contributed by atoms with Crippen LogP contribution in [0.25, 0.3) is 0 Å². The average molecular weight is 224 g/mol. The van der Waals surface area contributed by atoms with Crippen molar-refractivity contribution < 1.29 is 19.4 Å². The Hall–Kier alpha value is -1.15. The summed E-state index contributed by atoms with van der Waals surface area (Å²) in [4.78, 5) is 4.14. The summed E-state index contributed by atoms with van der Waals surface area (Å²) < 4.78 is 10.4. The molecule has 16 heavy (non-hydrogen) atoms. The van der Waals surface area contributed by atoms with Gasteiger partial charge in [0.05, 0.1) is 6.61 Å². The second-order valence-corrected chi connectivity index (χ2v) is 3.39. The summed E-state index contributed by atoms with van der Waals surface area (Å²) in [6.07, 6.45) is 1.40. The van der Waals surface area contributed by atoms with Crippen LogP contribution in [0.3, 0.4) is 0 Å². The molecule has 6 nitrogen and oxygen atoms in total. The molecule has 0 aliphatic carbocycles. The first-order chi connectivity index (χ1) is 7.77. The van der Waals surface area contributed by atoms with Crippen LogP contribution < -0.4 is 9.97 Å². The molecule has 0 spiro atoms. The predicted molar refractivity (Wildman–Crippen MR) is 56.6 cm³/mol. The second-order valence-electron chi connectivity index (χ2n) is 3.39. The van der Waals surface area contributed by atoms with E-state index in [0.29, 0.717) is 24.6 Å². The molecule has 1 unspecified atom stereocenters. The lowest BCUT2D eigenvalue weighted by Crippen LogP contribution is -2.34. The zero-order chi connectivity index (χ0) is 11.4. The van der Waals surface area contributed by atoms with Crippen molar-refractivity contribution in [3.63, 3.8) is 0 Å². The maximum atomic E-state index is 8.78. The summed E-state index contributed by atoms with van der Waals surface area (Å²) in [6, 6.07) is 3.29. The van der Waals surface area contributed by atoms with E-state index in [2.05, 4.69) is 10.3 Å². The third kappa shape index (κ3) is 2.70. The van der Waals surface area contributed by atoms with E-state index in [9.17, 15) is 0 Å². The number of rotatable bonds is 3. The maximum Gasteiger partial charge on any atom is 0.707 e. The molecule has 1 atom stereocenters. The summed E-state index contributed by atoms with van der Waals surface area (Å²) in [5.41, 5.74) is 0.572. The van der Waals surface area contributed by atoms with Gasteiger partial charge in [-0.2, -0.15) is 0 Å². The molecule has 7 heteroatoms. The number of pyridine rings is 1. The van der Waals surface area contributed by atoms with Gasteiger partial charge in [0.25, 0.3) is 0 Å². The molecule has 0 bridgehead atoms. The van der Waals surface area contributed by atoms with Crippen molar-refractivity contribution in [2.75, 3.05) is 19.7 Å². The first-order valence-corrected chi connectivity index (χ1v) is 5.07. The Morgan fingerprint density at radius 2 is 2.44 bits per heavy atom. The lowest BCUT2D eigenvalue weighted by molar-refractivity contribution is 0.0237. The molecule has 0 amide bonds.